The number of hydrogen-bond donors (Lipinski definition) is 1. The van der Waals surface area contributed by atoms with Crippen LogP contribution in [0.5, 0.6) is 0 Å². The standard InChI is InChI=1S/C18H24N4O2/c1-3-5-7-12-15(4-2)24-17(23)16-19-13-20-18(22-16)21-14-10-8-6-9-11-14/h6,8-11,13,15H,3-5,7,12H2,1-2H3,(H,19,20,21,22). The van der Waals surface area contributed by atoms with Crippen LogP contribution in [0.4, 0.5) is 11.6 Å². The molecule has 6 nitrogen and oxygen atoms in total. The number of carbonyl (C=O) groups excluding carboxylic acids is 1. The van der Waals surface area contributed by atoms with Gasteiger partial charge in [-0.05, 0) is 31.4 Å². The van der Waals surface area contributed by atoms with Gasteiger partial charge < -0.3 is 10.1 Å². The van der Waals surface area contributed by atoms with E-state index in [4.69, 9.17) is 4.74 Å². The fourth-order valence-electron chi connectivity index (χ4n) is 2.28. The molecule has 1 N–H and O–H groups in total. The van der Waals surface area contributed by atoms with Gasteiger partial charge in [-0.15, -0.1) is 0 Å². The van der Waals surface area contributed by atoms with Crippen LogP contribution in [-0.4, -0.2) is 27.0 Å². The van der Waals surface area contributed by atoms with Crippen LogP contribution in [0.2, 0.25) is 0 Å². The van der Waals surface area contributed by atoms with Crippen molar-refractivity contribution in [2.45, 2.75) is 52.1 Å². The van der Waals surface area contributed by atoms with E-state index in [0.29, 0.717) is 5.95 Å². The minimum absolute atomic E-state index is 0.0253. The molecular weight excluding hydrogens is 304 g/mol. The second-order valence-electron chi connectivity index (χ2n) is 5.56. The van der Waals surface area contributed by atoms with Crippen LogP contribution in [0.15, 0.2) is 36.7 Å². The molecule has 0 aliphatic carbocycles. The number of unbranched alkanes of at least 4 members (excludes halogenated alkanes) is 2. The summed E-state index contributed by atoms with van der Waals surface area (Å²) in [4.78, 5) is 24.4. The van der Waals surface area contributed by atoms with Gasteiger partial charge in [0.05, 0.1) is 0 Å². The fourth-order valence-corrected chi connectivity index (χ4v) is 2.28. The molecule has 0 amide bonds. The molecule has 0 saturated heterocycles. The molecule has 0 aliphatic rings. The topological polar surface area (TPSA) is 77.0 Å². The molecule has 24 heavy (non-hydrogen) atoms. The number of benzene rings is 1. The van der Waals surface area contributed by atoms with Crippen LogP contribution in [0.25, 0.3) is 0 Å². The molecule has 1 aromatic heterocycles. The summed E-state index contributed by atoms with van der Waals surface area (Å²) in [5.74, 6) is -0.156. The molecular formula is C18H24N4O2. The lowest BCUT2D eigenvalue weighted by Gasteiger charge is -2.15. The van der Waals surface area contributed by atoms with Gasteiger partial charge in [-0.1, -0.05) is 44.9 Å². The third-order valence-corrected chi connectivity index (χ3v) is 3.64. The van der Waals surface area contributed by atoms with E-state index in [-0.39, 0.29) is 11.9 Å². The van der Waals surface area contributed by atoms with E-state index in [1.54, 1.807) is 0 Å². The van der Waals surface area contributed by atoms with Gasteiger partial charge in [-0.2, -0.15) is 4.98 Å². The molecule has 1 unspecified atom stereocenters. The SMILES string of the molecule is CCCCCC(CC)OC(=O)c1ncnc(Nc2ccccc2)n1. The summed E-state index contributed by atoms with van der Waals surface area (Å²) in [7, 11) is 0. The Hall–Kier alpha value is -2.50. The fraction of sp³-hybridized carbons (Fsp3) is 0.444. The Morgan fingerprint density at radius 2 is 1.96 bits per heavy atom. The molecule has 6 heteroatoms. The van der Waals surface area contributed by atoms with E-state index >= 15 is 0 Å². The number of aromatic nitrogens is 3. The number of nitrogens with one attached hydrogen (secondary N) is 1. The summed E-state index contributed by atoms with van der Waals surface area (Å²) < 4.78 is 5.52. The predicted molar refractivity (Wildman–Crippen MR) is 93.2 cm³/mol. The highest BCUT2D eigenvalue weighted by molar-refractivity contribution is 5.85. The summed E-state index contributed by atoms with van der Waals surface area (Å²) in [6.45, 7) is 4.17. The summed E-state index contributed by atoms with van der Waals surface area (Å²) in [5.41, 5.74) is 0.842. The van der Waals surface area contributed by atoms with Gasteiger partial charge in [-0.3, -0.25) is 0 Å². The highest BCUT2D eigenvalue weighted by Gasteiger charge is 2.17. The number of esters is 1. The van der Waals surface area contributed by atoms with Gasteiger partial charge in [-0.25, -0.2) is 14.8 Å². The average molecular weight is 328 g/mol. The van der Waals surface area contributed by atoms with Crippen molar-refractivity contribution in [3.05, 3.63) is 42.5 Å². The first kappa shape index (κ1) is 17.8. The van der Waals surface area contributed by atoms with Crippen LogP contribution in [0, 0.1) is 0 Å². The van der Waals surface area contributed by atoms with Crippen LogP contribution < -0.4 is 5.32 Å². The van der Waals surface area contributed by atoms with Crippen molar-refractivity contribution in [2.24, 2.45) is 0 Å². The van der Waals surface area contributed by atoms with E-state index in [9.17, 15) is 4.79 Å². The van der Waals surface area contributed by atoms with Crippen molar-refractivity contribution >= 4 is 17.6 Å². The van der Waals surface area contributed by atoms with Crippen LogP contribution >= 0.6 is 0 Å². The van der Waals surface area contributed by atoms with Gasteiger partial charge in [0.2, 0.25) is 11.8 Å². The lowest BCUT2D eigenvalue weighted by Crippen LogP contribution is -2.20. The monoisotopic (exact) mass is 328 g/mol. The lowest BCUT2D eigenvalue weighted by molar-refractivity contribution is 0.0252. The number of carbonyl (C=O) groups is 1. The molecule has 2 rings (SSSR count). The minimum Gasteiger partial charge on any atom is -0.456 e. The Kier molecular flexibility index (Phi) is 7.14. The Morgan fingerprint density at radius 3 is 2.67 bits per heavy atom. The molecule has 1 aromatic carbocycles. The first-order valence-electron chi connectivity index (χ1n) is 8.45. The molecule has 2 aromatic rings. The quantitative estimate of drug-likeness (QED) is 0.551. The number of ether oxygens (including phenoxy) is 1. The third kappa shape index (κ3) is 5.61. The van der Waals surface area contributed by atoms with Crippen molar-refractivity contribution < 1.29 is 9.53 Å². The number of rotatable bonds is 9. The van der Waals surface area contributed by atoms with Gasteiger partial charge in [0, 0.05) is 5.69 Å². The van der Waals surface area contributed by atoms with Gasteiger partial charge in [0.15, 0.2) is 0 Å². The zero-order valence-corrected chi connectivity index (χ0v) is 14.2. The van der Waals surface area contributed by atoms with Crippen LogP contribution in [-0.2, 0) is 4.74 Å². The zero-order chi connectivity index (χ0) is 17.2. The van der Waals surface area contributed by atoms with Gasteiger partial charge in [0.25, 0.3) is 0 Å². The van der Waals surface area contributed by atoms with Crippen LogP contribution in [0.3, 0.4) is 0 Å². The third-order valence-electron chi connectivity index (χ3n) is 3.64. The molecule has 0 aliphatic heterocycles. The summed E-state index contributed by atoms with van der Waals surface area (Å²) >= 11 is 0. The van der Waals surface area contributed by atoms with Crippen molar-refractivity contribution in [1.29, 1.82) is 0 Å². The maximum Gasteiger partial charge on any atom is 0.376 e. The maximum absolute atomic E-state index is 12.2. The molecule has 1 atom stereocenters. The molecule has 1 heterocycles. The molecule has 0 radical (unpaired) electrons. The number of nitrogens with zero attached hydrogens (tertiary/aromatic N) is 3. The highest BCUT2D eigenvalue weighted by atomic mass is 16.5. The van der Waals surface area contributed by atoms with E-state index in [0.717, 1.165) is 37.8 Å². The van der Waals surface area contributed by atoms with E-state index in [2.05, 4.69) is 27.2 Å². The van der Waals surface area contributed by atoms with Crippen molar-refractivity contribution in [3.8, 4) is 0 Å². The molecule has 0 fully saturated rings. The molecule has 128 valence electrons. The van der Waals surface area contributed by atoms with E-state index in [1.165, 1.54) is 6.33 Å². The number of hydrogen-bond acceptors (Lipinski definition) is 6. The maximum atomic E-state index is 12.2. The number of para-hydroxylation sites is 1. The van der Waals surface area contributed by atoms with Gasteiger partial charge in [0.1, 0.15) is 12.4 Å². The summed E-state index contributed by atoms with van der Waals surface area (Å²) in [6.07, 6.45) is 6.22. The lowest BCUT2D eigenvalue weighted by atomic mass is 10.1. The van der Waals surface area contributed by atoms with Crippen LogP contribution in [0.1, 0.15) is 56.6 Å². The molecule has 0 saturated carbocycles. The first-order valence-corrected chi connectivity index (χ1v) is 8.45. The zero-order valence-electron chi connectivity index (χ0n) is 14.2. The largest absolute Gasteiger partial charge is 0.456 e. The molecule has 0 bridgehead atoms. The Balaban J connectivity index is 1.97. The first-order chi connectivity index (χ1) is 11.7. The Bertz CT molecular complexity index is 634. The van der Waals surface area contributed by atoms with Crippen molar-refractivity contribution in [1.82, 2.24) is 15.0 Å². The Labute approximate surface area is 142 Å². The Morgan fingerprint density at radius 1 is 1.17 bits per heavy atom. The van der Waals surface area contributed by atoms with E-state index < -0.39 is 5.97 Å². The predicted octanol–water partition coefficient (Wildman–Crippen LogP) is 4.13. The summed E-state index contributed by atoms with van der Waals surface area (Å²) in [5, 5.41) is 3.04. The smallest absolute Gasteiger partial charge is 0.376 e. The van der Waals surface area contributed by atoms with Crippen molar-refractivity contribution in [2.75, 3.05) is 5.32 Å². The van der Waals surface area contributed by atoms with E-state index in [1.807, 2.05) is 37.3 Å². The second kappa shape index (κ2) is 9.60. The average Bonchev–Trinajstić information content (AvgIpc) is 2.62. The van der Waals surface area contributed by atoms with Gasteiger partial charge >= 0.3 is 5.97 Å². The second-order valence-corrected chi connectivity index (χ2v) is 5.56. The summed E-state index contributed by atoms with van der Waals surface area (Å²) in [6, 6.07) is 9.51. The minimum atomic E-state index is -0.503. The molecule has 0 spiro atoms. The van der Waals surface area contributed by atoms with Crippen molar-refractivity contribution in [3.63, 3.8) is 0 Å². The highest BCUT2D eigenvalue weighted by Crippen LogP contribution is 2.14. The normalized spacial score (nSPS) is 11.8. The number of anilines is 2.